The Balaban J connectivity index is 2.43. The molecule has 0 radical (unpaired) electrons. The van der Waals surface area contributed by atoms with Crippen molar-refractivity contribution in [3.63, 3.8) is 0 Å². The summed E-state index contributed by atoms with van der Waals surface area (Å²) in [6.45, 7) is 5.08. The molecule has 2 N–H and O–H groups in total. The van der Waals surface area contributed by atoms with Crippen molar-refractivity contribution in [1.29, 1.82) is 0 Å². The minimum Gasteiger partial charge on any atom is -0.389 e. The number of anilines is 1. The SMILES string of the molecule is CC(C)N(Cc1ccccc1)c1cc(Cl)ccc1C(N)=S. The zero-order chi connectivity index (χ0) is 15.4. The lowest BCUT2D eigenvalue weighted by molar-refractivity contribution is 0.682. The Labute approximate surface area is 136 Å². The molecular formula is C17H19ClN2S. The van der Waals surface area contributed by atoms with Gasteiger partial charge in [0.2, 0.25) is 0 Å². The fourth-order valence-electron chi connectivity index (χ4n) is 2.28. The Morgan fingerprint density at radius 2 is 1.86 bits per heavy atom. The van der Waals surface area contributed by atoms with Crippen molar-refractivity contribution in [2.45, 2.75) is 26.4 Å². The van der Waals surface area contributed by atoms with Crippen molar-refractivity contribution in [2.75, 3.05) is 4.90 Å². The van der Waals surface area contributed by atoms with Gasteiger partial charge in [-0.15, -0.1) is 0 Å². The Bertz CT molecular complexity index is 626. The molecule has 0 heterocycles. The van der Waals surface area contributed by atoms with Gasteiger partial charge in [0.05, 0.1) is 0 Å². The summed E-state index contributed by atoms with van der Waals surface area (Å²) in [7, 11) is 0. The number of hydrogen-bond acceptors (Lipinski definition) is 2. The molecule has 2 nitrogen and oxygen atoms in total. The Morgan fingerprint density at radius 3 is 2.43 bits per heavy atom. The zero-order valence-corrected chi connectivity index (χ0v) is 13.8. The molecule has 2 aromatic carbocycles. The fourth-order valence-corrected chi connectivity index (χ4v) is 2.62. The minimum atomic E-state index is 0.303. The van der Waals surface area contributed by atoms with E-state index in [1.165, 1.54) is 5.56 Å². The number of rotatable bonds is 5. The van der Waals surface area contributed by atoms with Gasteiger partial charge in [-0.05, 0) is 37.6 Å². The molecule has 0 saturated heterocycles. The van der Waals surface area contributed by atoms with Crippen molar-refractivity contribution in [3.8, 4) is 0 Å². The number of benzene rings is 2. The topological polar surface area (TPSA) is 29.3 Å². The molecule has 0 aliphatic rings. The molecule has 0 bridgehead atoms. The second-order valence-electron chi connectivity index (χ2n) is 5.23. The maximum Gasteiger partial charge on any atom is 0.106 e. The van der Waals surface area contributed by atoms with Crippen LogP contribution in [0.4, 0.5) is 5.69 Å². The van der Waals surface area contributed by atoms with Crippen LogP contribution in [0.25, 0.3) is 0 Å². The van der Waals surface area contributed by atoms with E-state index in [4.69, 9.17) is 29.6 Å². The third-order valence-electron chi connectivity index (χ3n) is 3.35. The number of hydrogen-bond donors (Lipinski definition) is 1. The first-order valence-electron chi connectivity index (χ1n) is 6.89. The summed E-state index contributed by atoms with van der Waals surface area (Å²) in [6.07, 6.45) is 0. The van der Waals surface area contributed by atoms with Gasteiger partial charge in [-0.2, -0.15) is 0 Å². The highest BCUT2D eigenvalue weighted by atomic mass is 35.5. The van der Waals surface area contributed by atoms with Crippen LogP contribution in [-0.2, 0) is 6.54 Å². The van der Waals surface area contributed by atoms with Gasteiger partial charge in [0.1, 0.15) is 4.99 Å². The van der Waals surface area contributed by atoms with Gasteiger partial charge in [0, 0.05) is 28.9 Å². The first kappa shape index (κ1) is 15.8. The first-order valence-corrected chi connectivity index (χ1v) is 7.67. The normalized spacial score (nSPS) is 10.7. The number of thiocarbonyl (C=S) groups is 1. The van der Waals surface area contributed by atoms with Gasteiger partial charge in [-0.3, -0.25) is 0 Å². The standard InChI is InChI=1S/C17H19ClN2S/c1-12(2)20(11-13-6-4-3-5-7-13)16-10-14(18)8-9-15(16)17(19)21/h3-10,12H,11H2,1-2H3,(H2,19,21). The van der Waals surface area contributed by atoms with Crippen LogP contribution in [-0.4, -0.2) is 11.0 Å². The average Bonchev–Trinajstić information content (AvgIpc) is 2.45. The predicted octanol–water partition coefficient (Wildman–Crippen LogP) is 4.39. The molecule has 4 heteroatoms. The van der Waals surface area contributed by atoms with E-state index in [9.17, 15) is 0 Å². The van der Waals surface area contributed by atoms with E-state index in [1.54, 1.807) is 0 Å². The predicted molar refractivity (Wildman–Crippen MR) is 95.1 cm³/mol. The zero-order valence-electron chi connectivity index (χ0n) is 12.2. The molecule has 2 aromatic rings. The molecule has 0 spiro atoms. The Hall–Kier alpha value is -1.58. The summed E-state index contributed by atoms with van der Waals surface area (Å²) >= 11 is 11.3. The van der Waals surface area contributed by atoms with Crippen molar-refractivity contribution < 1.29 is 0 Å². The van der Waals surface area contributed by atoms with E-state index in [0.717, 1.165) is 17.8 Å². The average molecular weight is 319 g/mol. The number of halogens is 1. The van der Waals surface area contributed by atoms with E-state index in [1.807, 2.05) is 36.4 Å². The van der Waals surface area contributed by atoms with Gasteiger partial charge in [-0.25, -0.2) is 0 Å². The van der Waals surface area contributed by atoms with Crippen LogP contribution in [0.3, 0.4) is 0 Å². The second-order valence-corrected chi connectivity index (χ2v) is 6.11. The summed E-state index contributed by atoms with van der Waals surface area (Å²) in [5.41, 5.74) is 8.93. The molecule has 0 atom stereocenters. The number of nitrogens with zero attached hydrogens (tertiary/aromatic N) is 1. The molecule has 0 aromatic heterocycles. The quantitative estimate of drug-likeness (QED) is 0.829. The van der Waals surface area contributed by atoms with E-state index in [-0.39, 0.29) is 0 Å². The highest BCUT2D eigenvalue weighted by molar-refractivity contribution is 7.80. The molecule has 0 fully saturated rings. The molecule has 0 aliphatic heterocycles. The van der Waals surface area contributed by atoms with Gasteiger partial charge in [0.25, 0.3) is 0 Å². The summed E-state index contributed by atoms with van der Waals surface area (Å²) in [4.78, 5) is 2.65. The van der Waals surface area contributed by atoms with Crippen molar-refractivity contribution in [2.24, 2.45) is 5.73 Å². The minimum absolute atomic E-state index is 0.303. The smallest absolute Gasteiger partial charge is 0.106 e. The van der Waals surface area contributed by atoms with Gasteiger partial charge < -0.3 is 10.6 Å². The van der Waals surface area contributed by atoms with Crippen LogP contribution < -0.4 is 10.6 Å². The Morgan fingerprint density at radius 1 is 1.19 bits per heavy atom. The van der Waals surface area contributed by atoms with Crippen LogP contribution in [0.1, 0.15) is 25.0 Å². The largest absolute Gasteiger partial charge is 0.389 e. The third kappa shape index (κ3) is 3.96. The maximum absolute atomic E-state index is 6.16. The second kappa shape index (κ2) is 6.92. The van der Waals surface area contributed by atoms with Crippen molar-refractivity contribution >= 4 is 34.5 Å². The van der Waals surface area contributed by atoms with E-state index >= 15 is 0 Å². The summed E-state index contributed by atoms with van der Waals surface area (Å²) in [5, 5.41) is 0.684. The summed E-state index contributed by atoms with van der Waals surface area (Å²) < 4.78 is 0. The highest BCUT2D eigenvalue weighted by Crippen LogP contribution is 2.28. The molecule has 2 rings (SSSR count). The third-order valence-corrected chi connectivity index (χ3v) is 3.81. The van der Waals surface area contributed by atoms with E-state index in [0.29, 0.717) is 16.1 Å². The molecule has 0 saturated carbocycles. The van der Waals surface area contributed by atoms with E-state index in [2.05, 4.69) is 30.9 Å². The van der Waals surface area contributed by atoms with Crippen LogP contribution >= 0.6 is 23.8 Å². The molecule has 21 heavy (non-hydrogen) atoms. The Kier molecular flexibility index (Phi) is 5.21. The summed E-state index contributed by atoms with van der Waals surface area (Å²) in [5.74, 6) is 0. The lowest BCUT2D eigenvalue weighted by Crippen LogP contribution is -2.32. The molecule has 0 aliphatic carbocycles. The first-order chi connectivity index (χ1) is 9.99. The van der Waals surface area contributed by atoms with Crippen LogP contribution in [0.15, 0.2) is 48.5 Å². The van der Waals surface area contributed by atoms with Crippen LogP contribution in [0, 0.1) is 0 Å². The van der Waals surface area contributed by atoms with Crippen LogP contribution in [0.5, 0.6) is 0 Å². The molecule has 0 amide bonds. The summed E-state index contributed by atoms with van der Waals surface area (Å²) in [6, 6.07) is 16.3. The van der Waals surface area contributed by atoms with Crippen molar-refractivity contribution in [3.05, 3.63) is 64.7 Å². The lowest BCUT2D eigenvalue weighted by atomic mass is 10.1. The maximum atomic E-state index is 6.16. The van der Waals surface area contributed by atoms with Gasteiger partial charge in [0.15, 0.2) is 0 Å². The monoisotopic (exact) mass is 318 g/mol. The fraction of sp³-hybridized carbons (Fsp3) is 0.235. The van der Waals surface area contributed by atoms with E-state index < -0.39 is 0 Å². The van der Waals surface area contributed by atoms with Crippen LogP contribution in [0.2, 0.25) is 5.02 Å². The van der Waals surface area contributed by atoms with Gasteiger partial charge >= 0.3 is 0 Å². The van der Waals surface area contributed by atoms with Crippen molar-refractivity contribution in [1.82, 2.24) is 0 Å². The molecule has 0 unspecified atom stereocenters. The molecular weight excluding hydrogens is 300 g/mol. The number of nitrogens with two attached hydrogens (primary N) is 1. The van der Waals surface area contributed by atoms with Gasteiger partial charge in [-0.1, -0.05) is 54.2 Å². The highest BCUT2D eigenvalue weighted by Gasteiger charge is 2.17. The molecule has 110 valence electrons. The lowest BCUT2D eigenvalue weighted by Gasteiger charge is -2.31.